The fraction of sp³-hybridized carbons (Fsp3) is 0.111. The van der Waals surface area contributed by atoms with Crippen LogP contribution in [-0.2, 0) is 9.53 Å². The summed E-state index contributed by atoms with van der Waals surface area (Å²) in [6.07, 6.45) is 3.74. The van der Waals surface area contributed by atoms with Crippen molar-refractivity contribution in [2.45, 2.75) is 4.90 Å². The molecule has 0 unspecified atom stereocenters. The Bertz CT molecular complexity index is 794. The normalized spacial score (nSPS) is 15.5. The molecule has 0 atom stereocenters. The van der Waals surface area contributed by atoms with E-state index in [0.29, 0.717) is 11.3 Å². The molecule has 1 aliphatic rings. The number of carbonyl (C=O) groups excluding carboxylic acids is 1. The van der Waals surface area contributed by atoms with E-state index < -0.39 is 5.97 Å². The molecule has 2 aromatic rings. The van der Waals surface area contributed by atoms with Crippen molar-refractivity contribution in [3.63, 3.8) is 0 Å². The van der Waals surface area contributed by atoms with Gasteiger partial charge in [-0.3, -0.25) is 0 Å². The van der Waals surface area contributed by atoms with E-state index in [9.17, 15) is 4.79 Å². The number of benzene rings is 2. The summed E-state index contributed by atoms with van der Waals surface area (Å²) in [6, 6.07) is 15.2. The van der Waals surface area contributed by atoms with Gasteiger partial charge in [-0.05, 0) is 42.2 Å². The molecule has 2 aromatic carbocycles. The van der Waals surface area contributed by atoms with Crippen LogP contribution in [0.5, 0.6) is 5.75 Å². The Kier molecular flexibility index (Phi) is 4.48. The summed E-state index contributed by atoms with van der Waals surface area (Å²) in [6.45, 7) is 0. The SMILES string of the molecule is COc1ccccc1C1=N/C(=C\c2ccc(SC)cc2)C(=O)O1. The molecule has 116 valence electrons. The lowest BCUT2D eigenvalue weighted by molar-refractivity contribution is -0.129. The van der Waals surface area contributed by atoms with E-state index in [-0.39, 0.29) is 11.6 Å². The Morgan fingerprint density at radius 2 is 1.87 bits per heavy atom. The average molecular weight is 325 g/mol. The molecule has 0 aliphatic carbocycles. The lowest BCUT2D eigenvalue weighted by atomic mass is 10.2. The number of para-hydroxylation sites is 1. The van der Waals surface area contributed by atoms with Crippen LogP contribution in [0.3, 0.4) is 0 Å². The van der Waals surface area contributed by atoms with Gasteiger partial charge in [-0.15, -0.1) is 11.8 Å². The highest BCUT2D eigenvalue weighted by Crippen LogP contribution is 2.25. The summed E-state index contributed by atoms with van der Waals surface area (Å²) in [7, 11) is 1.57. The van der Waals surface area contributed by atoms with Gasteiger partial charge in [0.15, 0.2) is 5.70 Å². The summed E-state index contributed by atoms with van der Waals surface area (Å²) < 4.78 is 10.6. The van der Waals surface area contributed by atoms with Gasteiger partial charge in [-0.2, -0.15) is 0 Å². The van der Waals surface area contributed by atoms with Gasteiger partial charge in [-0.25, -0.2) is 9.79 Å². The predicted molar refractivity (Wildman–Crippen MR) is 91.8 cm³/mol. The van der Waals surface area contributed by atoms with E-state index in [1.807, 2.05) is 42.7 Å². The molecule has 1 heterocycles. The van der Waals surface area contributed by atoms with E-state index in [1.165, 1.54) is 4.90 Å². The van der Waals surface area contributed by atoms with Gasteiger partial charge in [0.2, 0.25) is 5.90 Å². The predicted octanol–water partition coefficient (Wildman–Crippen LogP) is 3.76. The van der Waals surface area contributed by atoms with Crippen molar-refractivity contribution in [1.29, 1.82) is 0 Å². The number of ether oxygens (including phenoxy) is 2. The maximum absolute atomic E-state index is 12.0. The number of hydrogen-bond acceptors (Lipinski definition) is 5. The topological polar surface area (TPSA) is 47.9 Å². The second-order valence-electron chi connectivity index (χ2n) is 4.81. The average Bonchev–Trinajstić information content (AvgIpc) is 2.96. The molecular formula is C18H15NO3S. The standard InChI is InChI=1S/C18H15NO3S/c1-21-16-6-4-3-5-14(16)17-19-15(18(20)22-17)11-12-7-9-13(23-2)10-8-12/h3-11H,1-2H3/b15-11-. The quantitative estimate of drug-likeness (QED) is 0.488. The molecule has 5 heteroatoms. The van der Waals surface area contributed by atoms with E-state index >= 15 is 0 Å². The monoisotopic (exact) mass is 325 g/mol. The molecule has 0 saturated heterocycles. The molecular weight excluding hydrogens is 310 g/mol. The largest absolute Gasteiger partial charge is 0.496 e. The Hall–Kier alpha value is -2.53. The second kappa shape index (κ2) is 6.71. The van der Waals surface area contributed by atoms with Crippen molar-refractivity contribution in [3.8, 4) is 5.75 Å². The lowest BCUT2D eigenvalue weighted by Crippen LogP contribution is -2.06. The van der Waals surface area contributed by atoms with Gasteiger partial charge in [0, 0.05) is 4.90 Å². The van der Waals surface area contributed by atoms with Crippen molar-refractivity contribution >= 4 is 29.7 Å². The first kappa shape index (κ1) is 15.4. The molecule has 4 nitrogen and oxygen atoms in total. The highest BCUT2D eigenvalue weighted by molar-refractivity contribution is 7.98. The minimum absolute atomic E-state index is 0.263. The summed E-state index contributed by atoms with van der Waals surface area (Å²) in [5.74, 6) is 0.420. The molecule has 1 aliphatic heterocycles. The van der Waals surface area contributed by atoms with Crippen LogP contribution in [0.1, 0.15) is 11.1 Å². The fourth-order valence-electron chi connectivity index (χ4n) is 2.20. The van der Waals surface area contributed by atoms with Crippen LogP contribution in [0.25, 0.3) is 6.08 Å². The number of nitrogens with zero attached hydrogens (tertiary/aromatic N) is 1. The van der Waals surface area contributed by atoms with Gasteiger partial charge in [-0.1, -0.05) is 24.3 Å². The van der Waals surface area contributed by atoms with Crippen LogP contribution in [0.15, 0.2) is 64.1 Å². The molecule has 0 aromatic heterocycles. The number of thioether (sulfide) groups is 1. The van der Waals surface area contributed by atoms with Crippen LogP contribution >= 0.6 is 11.8 Å². The molecule has 3 rings (SSSR count). The summed E-state index contributed by atoms with van der Waals surface area (Å²) in [5.41, 5.74) is 1.84. The summed E-state index contributed by atoms with van der Waals surface area (Å²) >= 11 is 1.67. The zero-order valence-electron chi connectivity index (χ0n) is 12.8. The van der Waals surface area contributed by atoms with E-state index in [2.05, 4.69) is 4.99 Å². The third-order valence-electron chi connectivity index (χ3n) is 3.38. The number of aliphatic imine (C=N–C) groups is 1. The second-order valence-corrected chi connectivity index (χ2v) is 5.69. The van der Waals surface area contributed by atoms with Gasteiger partial charge < -0.3 is 9.47 Å². The highest BCUT2D eigenvalue weighted by atomic mass is 32.2. The van der Waals surface area contributed by atoms with Crippen LogP contribution in [0, 0.1) is 0 Å². The Balaban J connectivity index is 1.93. The van der Waals surface area contributed by atoms with Gasteiger partial charge in [0.25, 0.3) is 0 Å². The van der Waals surface area contributed by atoms with Gasteiger partial charge >= 0.3 is 5.97 Å². The molecule has 23 heavy (non-hydrogen) atoms. The van der Waals surface area contributed by atoms with Crippen LogP contribution < -0.4 is 4.74 Å². The maximum atomic E-state index is 12.0. The van der Waals surface area contributed by atoms with E-state index in [4.69, 9.17) is 9.47 Å². The molecule has 0 radical (unpaired) electrons. The third-order valence-corrected chi connectivity index (χ3v) is 4.12. The molecule has 0 bridgehead atoms. The Labute approximate surface area is 138 Å². The van der Waals surface area contributed by atoms with Gasteiger partial charge in [0.05, 0.1) is 12.7 Å². The maximum Gasteiger partial charge on any atom is 0.363 e. The molecule has 0 N–H and O–H groups in total. The number of methoxy groups -OCH3 is 1. The molecule has 0 saturated carbocycles. The summed E-state index contributed by atoms with van der Waals surface area (Å²) in [5, 5.41) is 0. The summed E-state index contributed by atoms with van der Waals surface area (Å²) in [4.78, 5) is 17.5. The Morgan fingerprint density at radius 3 is 2.57 bits per heavy atom. The fourth-order valence-corrected chi connectivity index (χ4v) is 2.61. The Morgan fingerprint density at radius 1 is 1.13 bits per heavy atom. The van der Waals surface area contributed by atoms with Crippen molar-refractivity contribution < 1.29 is 14.3 Å². The van der Waals surface area contributed by atoms with Crippen molar-refractivity contribution in [3.05, 3.63) is 65.4 Å². The van der Waals surface area contributed by atoms with Crippen LogP contribution in [-0.4, -0.2) is 25.2 Å². The number of carbonyl (C=O) groups is 1. The first-order valence-corrected chi connectivity index (χ1v) is 8.24. The molecule has 0 amide bonds. The molecule has 0 fully saturated rings. The van der Waals surface area contributed by atoms with Crippen molar-refractivity contribution in [1.82, 2.24) is 0 Å². The number of esters is 1. The van der Waals surface area contributed by atoms with Crippen molar-refractivity contribution in [2.24, 2.45) is 4.99 Å². The highest BCUT2D eigenvalue weighted by Gasteiger charge is 2.25. The third kappa shape index (κ3) is 3.29. The first-order chi connectivity index (χ1) is 11.2. The zero-order chi connectivity index (χ0) is 16.2. The number of rotatable bonds is 4. The van der Waals surface area contributed by atoms with Crippen LogP contribution in [0.2, 0.25) is 0 Å². The van der Waals surface area contributed by atoms with Crippen molar-refractivity contribution in [2.75, 3.05) is 13.4 Å². The molecule has 0 spiro atoms. The minimum atomic E-state index is -0.458. The number of hydrogen-bond donors (Lipinski definition) is 0. The first-order valence-electron chi connectivity index (χ1n) is 7.01. The van der Waals surface area contributed by atoms with E-state index in [0.717, 1.165) is 5.56 Å². The van der Waals surface area contributed by atoms with Gasteiger partial charge in [0.1, 0.15) is 5.75 Å². The smallest absolute Gasteiger partial charge is 0.363 e. The van der Waals surface area contributed by atoms with Crippen LogP contribution in [0.4, 0.5) is 0 Å². The van der Waals surface area contributed by atoms with E-state index in [1.54, 1.807) is 37.1 Å². The lowest BCUT2D eigenvalue weighted by Gasteiger charge is -2.05. The minimum Gasteiger partial charge on any atom is -0.496 e. The number of cyclic esters (lactones) is 1. The zero-order valence-corrected chi connectivity index (χ0v) is 13.6.